The first-order valence-electron chi connectivity index (χ1n) is 7.95. The molecule has 108 valence electrons. The Bertz CT molecular complexity index is 634. The van der Waals surface area contributed by atoms with Crippen molar-refractivity contribution in [2.45, 2.75) is 38.3 Å². The van der Waals surface area contributed by atoms with Crippen LogP contribution in [-0.4, -0.2) is 17.6 Å². The van der Waals surface area contributed by atoms with Crippen molar-refractivity contribution in [1.82, 2.24) is 10.3 Å². The molecule has 1 fully saturated rings. The molecule has 1 N–H and O–H groups in total. The van der Waals surface area contributed by atoms with E-state index in [0.29, 0.717) is 0 Å². The van der Waals surface area contributed by atoms with Gasteiger partial charge in [-0.05, 0) is 49.4 Å². The van der Waals surface area contributed by atoms with Crippen LogP contribution in [0.1, 0.15) is 30.5 Å². The average molecular weight is 279 g/mol. The monoisotopic (exact) mass is 279 g/mol. The van der Waals surface area contributed by atoms with Gasteiger partial charge in [-0.1, -0.05) is 24.3 Å². The highest BCUT2D eigenvalue weighted by molar-refractivity contribution is 5.65. The van der Waals surface area contributed by atoms with Gasteiger partial charge in [0.2, 0.25) is 0 Å². The van der Waals surface area contributed by atoms with Crippen LogP contribution in [0.4, 0.5) is 11.5 Å². The van der Waals surface area contributed by atoms with E-state index in [0.717, 1.165) is 30.6 Å². The van der Waals surface area contributed by atoms with Crippen LogP contribution in [0, 0.1) is 0 Å². The van der Waals surface area contributed by atoms with Crippen molar-refractivity contribution in [1.29, 1.82) is 0 Å². The summed E-state index contributed by atoms with van der Waals surface area (Å²) in [5.41, 5.74) is 3.90. The molecule has 1 aliphatic carbocycles. The van der Waals surface area contributed by atoms with Crippen LogP contribution in [0.3, 0.4) is 0 Å². The minimum atomic E-state index is 0.728. The molecule has 1 aliphatic heterocycles. The number of benzene rings is 1. The molecule has 0 bridgehead atoms. The number of para-hydroxylation sites is 1. The van der Waals surface area contributed by atoms with Crippen LogP contribution in [-0.2, 0) is 13.0 Å². The minimum Gasteiger partial charge on any atom is -0.326 e. The summed E-state index contributed by atoms with van der Waals surface area (Å²) < 4.78 is 0. The number of aryl methyl sites for hydroxylation is 1. The van der Waals surface area contributed by atoms with Crippen LogP contribution in [0.5, 0.6) is 0 Å². The second kappa shape index (κ2) is 5.49. The van der Waals surface area contributed by atoms with Crippen LogP contribution in [0.25, 0.3) is 0 Å². The van der Waals surface area contributed by atoms with Gasteiger partial charge in [-0.3, -0.25) is 0 Å². The zero-order chi connectivity index (χ0) is 14.1. The number of hydrogen-bond donors (Lipinski definition) is 1. The Kier molecular flexibility index (Phi) is 3.36. The molecule has 2 aliphatic rings. The molecule has 4 rings (SSSR count). The summed E-state index contributed by atoms with van der Waals surface area (Å²) in [7, 11) is 0. The second-order valence-electron chi connectivity index (χ2n) is 6.03. The molecule has 21 heavy (non-hydrogen) atoms. The zero-order valence-electron chi connectivity index (χ0n) is 12.3. The van der Waals surface area contributed by atoms with Gasteiger partial charge < -0.3 is 10.2 Å². The van der Waals surface area contributed by atoms with E-state index < -0.39 is 0 Å². The standard InChI is InChI=1S/C18H21N3/c1-2-8-17-14(5-1)6-4-12-21(17)18-9-3-7-16(20-18)13-19-15-10-11-15/h1-3,5,7-9,15,19H,4,6,10-13H2. The predicted molar refractivity (Wildman–Crippen MR) is 85.9 cm³/mol. The number of nitrogens with zero attached hydrogens (tertiary/aromatic N) is 2. The van der Waals surface area contributed by atoms with Crippen molar-refractivity contribution in [3.05, 3.63) is 53.7 Å². The van der Waals surface area contributed by atoms with Crippen molar-refractivity contribution in [2.24, 2.45) is 0 Å². The Morgan fingerprint density at radius 1 is 1.10 bits per heavy atom. The number of aromatic nitrogens is 1. The lowest BCUT2D eigenvalue weighted by atomic mass is 10.0. The Labute approximate surface area is 126 Å². The van der Waals surface area contributed by atoms with E-state index in [2.05, 4.69) is 52.7 Å². The summed E-state index contributed by atoms with van der Waals surface area (Å²) >= 11 is 0. The summed E-state index contributed by atoms with van der Waals surface area (Å²) in [5, 5.41) is 3.54. The van der Waals surface area contributed by atoms with E-state index in [4.69, 9.17) is 4.98 Å². The molecule has 0 radical (unpaired) electrons. The lowest BCUT2D eigenvalue weighted by Gasteiger charge is -2.30. The maximum Gasteiger partial charge on any atom is 0.133 e. The van der Waals surface area contributed by atoms with Crippen LogP contribution < -0.4 is 10.2 Å². The van der Waals surface area contributed by atoms with Gasteiger partial charge in [-0.15, -0.1) is 0 Å². The van der Waals surface area contributed by atoms with Crippen molar-refractivity contribution in [3.63, 3.8) is 0 Å². The van der Waals surface area contributed by atoms with Crippen molar-refractivity contribution >= 4 is 11.5 Å². The SMILES string of the molecule is c1cc(CNC2CC2)nc(N2CCCc3ccccc32)c1. The second-order valence-corrected chi connectivity index (χ2v) is 6.03. The smallest absolute Gasteiger partial charge is 0.133 e. The molecule has 0 amide bonds. The van der Waals surface area contributed by atoms with E-state index in [1.165, 1.54) is 36.9 Å². The number of rotatable bonds is 4. The highest BCUT2D eigenvalue weighted by atomic mass is 15.2. The maximum atomic E-state index is 4.86. The molecule has 1 aromatic heterocycles. The van der Waals surface area contributed by atoms with Gasteiger partial charge in [0.25, 0.3) is 0 Å². The molecule has 3 heteroatoms. The Hall–Kier alpha value is -1.87. The molecule has 0 spiro atoms. The fourth-order valence-electron chi connectivity index (χ4n) is 3.02. The molecule has 3 nitrogen and oxygen atoms in total. The van der Waals surface area contributed by atoms with Gasteiger partial charge in [0.05, 0.1) is 5.69 Å². The normalized spacial score (nSPS) is 17.6. The Morgan fingerprint density at radius 3 is 2.90 bits per heavy atom. The quantitative estimate of drug-likeness (QED) is 0.929. The van der Waals surface area contributed by atoms with Crippen molar-refractivity contribution in [3.8, 4) is 0 Å². The fraction of sp³-hybridized carbons (Fsp3) is 0.389. The Balaban J connectivity index is 1.59. The summed E-state index contributed by atoms with van der Waals surface area (Å²) in [5.74, 6) is 1.08. The molecule has 0 saturated heterocycles. The molecular formula is C18H21N3. The summed E-state index contributed by atoms with van der Waals surface area (Å²) in [6, 6.07) is 15.8. The molecule has 1 saturated carbocycles. The molecule has 2 heterocycles. The third-order valence-electron chi connectivity index (χ3n) is 4.33. The van der Waals surface area contributed by atoms with E-state index in [-0.39, 0.29) is 0 Å². The largest absolute Gasteiger partial charge is 0.326 e. The van der Waals surface area contributed by atoms with Gasteiger partial charge in [0.1, 0.15) is 5.82 Å². The molecule has 2 aromatic rings. The average Bonchev–Trinajstić information content (AvgIpc) is 3.37. The summed E-state index contributed by atoms with van der Waals surface area (Å²) in [4.78, 5) is 7.22. The van der Waals surface area contributed by atoms with E-state index in [1.54, 1.807) is 0 Å². The predicted octanol–water partition coefficient (Wildman–Crippen LogP) is 3.42. The van der Waals surface area contributed by atoms with Crippen LogP contribution >= 0.6 is 0 Å². The molecule has 1 aromatic carbocycles. The zero-order valence-corrected chi connectivity index (χ0v) is 12.3. The maximum absolute atomic E-state index is 4.86. The van der Waals surface area contributed by atoms with Crippen molar-refractivity contribution in [2.75, 3.05) is 11.4 Å². The van der Waals surface area contributed by atoms with Gasteiger partial charge >= 0.3 is 0 Å². The third kappa shape index (κ3) is 2.79. The number of hydrogen-bond acceptors (Lipinski definition) is 3. The van der Waals surface area contributed by atoms with Crippen LogP contribution in [0.15, 0.2) is 42.5 Å². The lowest BCUT2D eigenvalue weighted by molar-refractivity contribution is 0.672. The van der Waals surface area contributed by atoms with E-state index >= 15 is 0 Å². The number of fused-ring (bicyclic) bond motifs is 1. The van der Waals surface area contributed by atoms with E-state index in [9.17, 15) is 0 Å². The number of nitrogens with one attached hydrogen (secondary N) is 1. The van der Waals surface area contributed by atoms with E-state index in [1.807, 2.05) is 0 Å². The molecular weight excluding hydrogens is 258 g/mol. The van der Waals surface area contributed by atoms with Gasteiger partial charge in [-0.25, -0.2) is 4.98 Å². The first-order chi connectivity index (χ1) is 10.4. The molecule has 0 unspecified atom stereocenters. The highest BCUT2D eigenvalue weighted by Gasteiger charge is 2.21. The third-order valence-corrected chi connectivity index (χ3v) is 4.33. The summed E-state index contributed by atoms with van der Waals surface area (Å²) in [6.07, 6.45) is 5.01. The lowest BCUT2D eigenvalue weighted by Crippen LogP contribution is -2.26. The van der Waals surface area contributed by atoms with Crippen LogP contribution in [0.2, 0.25) is 0 Å². The van der Waals surface area contributed by atoms with Gasteiger partial charge in [0, 0.05) is 24.8 Å². The minimum absolute atomic E-state index is 0.728. The number of anilines is 2. The fourth-order valence-corrected chi connectivity index (χ4v) is 3.02. The summed E-state index contributed by atoms with van der Waals surface area (Å²) in [6.45, 7) is 1.94. The Morgan fingerprint density at radius 2 is 2.00 bits per heavy atom. The topological polar surface area (TPSA) is 28.2 Å². The first-order valence-corrected chi connectivity index (χ1v) is 7.95. The number of pyridine rings is 1. The van der Waals surface area contributed by atoms with Gasteiger partial charge in [-0.2, -0.15) is 0 Å². The van der Waals surface area contributed by atoms with Crippen molar-refractivity contribution < 1.29 is 0 Å². The molecule has 0 atom stereocenters. The van der Waals surface area contributed by atoms with Gasteiger partial charge in [0.15, 0.2) is 0 Å². The first kappa shape index (κ1) is 12.8. The highest BCUT2D eigenvalue weighted by Crippen LogP contribution is 2.32.